The lowest BCUT2D eigenvalue weighted by molar-refractivity contribution is 0.482. The topological polar surface area (TPSA) is 24.5 Å². The third-order valence-electron chi connectivity index (χ3n) is 3.67. The first-order valence-electron chi connectivity index (χ1n) is 7.48. The fraction of sp³-hybridized carbons (Fsp3) is 0.333. The first-order chi connectivity index (χ1) is 10.2. The molecule has 0 saturated heterocycles. The van der Waals surface area contributed by atoms with Crippen molar-refractivity contribution in [2.24, 2.45) is 0 Å². The van der Waals surface area contributed by atoms with E-state index in [0.29, 0.717) is 0 Å². The zero-order valence-corrected chi connectivity index (χ0v) is 12.7. The molecule has 0 aliphatic heterocycles. The third-order valence-corrected chi connectivity index (χ3v) is 3.67. The third kappa shape index (κ3) is 3.99. The Hall–Kier alpha value is -2.00. The average Bonchev–Trinajstić information content (AvgIpc) is 3.31. The molecule has 0 amide bonds. The highest BCUT2D eigenvalue weighted by Gasteiger charge is 2.19. The van der Waals surface area contributed by atoms with Gasteiger partial charge in [0.05, 0.1) is 0 Å². The van der Waals surface area contributed by atoms with Gasteiger partial charge in [-0.25, -0.2) is 0 Å². The predicted molar refractivity (Wildman–Crippen MR) is 87.1 cm³/mol. The Morgan fingerprint density at radius 3 is 2.48 bits per heavy atom. The molecule has 1 aliphatic carbocycles. The van der Waals surface area contributed by atoms with Gasteiger partial charge in [-0.15, -0.1) is 0 Å². The zero-order chi connectivity index (χ0) is 14.7. The Balaban J connectivity index is 1.62. The summed E-state index contributed by atoms with van der Waals surface area (Å²) in [6, 6.07) is 17.2. The van der Waals surface area contributed by atoms with Crippen LogP contribution in [0, 0.1) is 0 Å². The summed E-state index contributed by atoms with van der Waals surface area (Å²) in [7, 11) is 4.06. The molecule has 2 aromatic carbocycles. The van der Waals surface area contributed by atoms with Gasteiger partial charge in [-0.05, 0) is 42.7 Å². The molecule has 1 fully saturated rings. The van der Waals surface area contributed by atoms with Gasteiger partial charge in [0.2, 0.25) is 0 Å². The normalized spacial score (nSPS) is 14.0. The molecule has 1 N–H and O–H groups in total. The Bertz CT molecular complexity index is 588. The molecule has 3 rings (SSSR count). The minimum atomic E-state index is 0.745. The van der Waals surface area contributed by atoms with E-state index in [2.05, 4.69) is 28.4 Å². The zero-order valence-electron chi connectivity index (χ0n) is 12.7. The smallest absolute Gasteiger partial charge is 0.129 e. The van der Waals surface area contributed by atoms with E-state index < -0.39 is 0 Å². The summed E-state index contributed by atoms with van der Waals surface area (Å²) in [4.78, 5) is 2.07. The molecule has 2 aromatic rings. The summed E-state index contributed by atoms with van der Waals surface area (Å²) in [5, 5.41) is 3.52. The fourth-order valence-corrected chi connectivity index (χ4v) is 2.19. The van der Waals surface area contributed by atoms with Crippen LogP contribution in [0.2, 0.25) is 0 Å². The number of hydrogen-bond acceptors (Lipinski definition) is 3. The van der Waals surface area contributed by atoms with Gasteiger partial charge < -0.3 is 15.0 Å². The van der Waals surface area contributed by atoms with Crippen molar-refractivity contribution in [3.63, 3.8) is 0 Å². The second-order valence-electron chi connectivity index (χ2n) is 5.79. The molecule has 3 heteroatoms. The Morgan fingerprint density at radius 1 is 1.05 bits per heavy atom. The van der Waals surface area contributed by atoms with E-state index in [1.165, 1.54) is 18.4 Å². The van der Waals surface area contributed by atoms with E-state index in [4.69, 9.17) is 4.74 Å². The highest BCUT2D eigenvalue weighted by atomic mass is 16.5. The van der Waals surface area contributed by atoms with Crippen LogP contribution in [0.4, 0.5) is 5.69 Å². The van der Waals surface area contributed by atoms with E-state index >= 15 is 0 Å². The minimum Gasteiger partial charge on any atom is -0.457 e. The van der Waals surface area contributed by atoms with E-state index in [1.807, 2.05) is 44.4 Å². The highest BCUT2D eigenvalue weighted by Crippen LogP contribution is 2.25. The minimum absolute atomic E-state index is 0.745. The van der Waals surface area contributed by atoms with Crippen molar-refractivity contribution >= 4 is 5.69 Å². The van der Waals surface area contributed by atoms with E-state index in [1.54, 1.807) is 0 Å². The first kappa shape index (κ1) is 14.0. The van der Waals surface area contributed by atoms with Crippen LogP contribution in [0.5, 0.6) is 11.5 Å². The number of ether oxygens (including phenoxy) is 1. The number of nitrogens with one attached hydrogen (secondary N) is 1. The molecule has 110 valence electrons. The summed E-state index contributed by atoms with van der Waals surface area (Å²) in [5.41, 5.74) is 2.44. The van der Waals surface area contributed by atoms with Crippen LogP contribution in [0.1, 0.15) is 18.4 Å². The molecule has 0 unspecified atom stereocenters. The maximum Gasteiger partial charge on any atom is 0.129 e. The maximum absolute atomic E-state index is 5.92. The molecule has 3 nitrogen and oxygen atoms in total. The fourth-order valence-electron chi connectivity index (χ4n) is 2.19. The first-order valence-corrected chi connectivity index (χ1v) is 7.48. The van der Waals surface area contributed by atoms with E-state index in [0.717, 1.165) is 29.8 Å². The second kappa shape index (κ2) is 6.19. The molecular formula is C18H22N2O. The van der Waals surface area contributed by atoms with Gasteiger partial charge in [-0.1, -0.05) is 18.2 Å². The molecule has 21 heavy (non-hydrogen) atoms. The van der Waals surface area contributed by atoms with E-state index in [9.17, 15) is 0 Å². The predicted octanol–water partition coefficient (Wildman–Crippen LogP) is 3.80. The van der Waals surface area contributed by atoms with Crippen LogP contribution in [0.15, 0.2) is 48.5 Å². The van der Waals surface area contributed by atoms with Gasteiger partial charge >= 0.3 is 0 Å². The summed E-state index contributed by atoms with van der Waals surface area (Å²) in [6.45, 7) is 0.945. The Labute approximate surface area is 126 Å². The molecule has 0 atom stereocenters. The number of benzene rings is 2. The average molecular weight is 282 g/mol. The molecule has 1 saturated carbocycles. The van der Waals surface area contributed by atoms with Crippen molar-refractivity contribution in [3.8, 4) is 11.5 Å². The summed E-state index contributed by atoms with van der Waals surface area (Å²) in [5.74, 6) is 1.74. The number of hydrogen-bond donors (Lipinski definition) is 1. The molecule has 0 bridgehead atoms. The van der Waals surface area contributed by atoms with Gasteiger partial charge in [0.25, 0.3) is 0 Å². The lowest BCUT2D eigenvalue weighted by Crippen LogP contribution is -2.14. The van der Waals surface area contributed by atoms with Crippen molar-refractivity contribution in [1.29, 1.82) is 0 Å². The Morgan fingerprint density at radius 2 is 1.81 bits per heavy atom. The Kier molecular flexibility index (Phi) is 4.11. The van der Waals surface area contributed by atoms with Crippen molar-refractivity contribution in [2.45, 2.75) is 25.4 Å². The lowest BCUT2D eigenvalue weighted by atomic mass is 10.2. The van der Waals surface area contributed by atoms with Crippen LogP contribution in [0.25, 0.3) is 0 Å². The number of nitrogens with zero attached hydrogens (tertiary/aromatic N) is 1. The van der Waals surface area contributed by atoms with Crippen molar-refractivity contribution in [3.05, 3.63) is 54.1 Å². The molecule has 0 spiro atoms. The van der Waals surface area contributed by atoms with Crippen molar-refractivity contribution in [2.75, 3.05) is 19.0 Å². The lowest BCUT2D eigenvalue weighted by Gasteiger charge is -2.14. The van der Waals surface area contributed by atoms with Crippen LogP contribution in [-0.4, -0.2) is 20.1 Å². The van der Waals surface area contributed by atoms with Crippen LogP contribution < -0.4 is 15.0 Å². The molecule has 0 aromatic heterocycles. The van der Waals surface area contributed by atoms with Crippen LogP contribution >= 0.6 is 0 Å². The standard InChI is InChI=1S/C18H22N2O/c1-20(2)16-4-3-5-18(12-16)21-17-10-6-14(7-11-17)13-19-15-8-9-15/h3-7,10-12,15,19H,8-9,13H2,1-2H3. The molecule has 1 aliphatic rings. The summed E-state index contributed by atoms with van der Waals surface area (Å²) >= 11 is 0. The molecular weight excluding hydrogens is 260 g/mol. The van der Waals surface area contributed by atoms with Crippen LogP contribution in [0.3, 0.4) is 0 Å². The maximum atomic E-state index is 5.92. The van der Waals surface area contributed by atoms with E-state index in [-0.39, 0.29) is 0 Å². The van der Waals surface area contributed by atoms with Crippen LogP contribution in [-0.2, 0) is 6.54 Å². The van der Waals surface area contributed by atoms with Crippen molar-refractivity contribution < 1.29 is 4.74 Å². The SMILES string of the molecule is CN(C)c1cccc(Oc2ccc(CNC3CC3)cc2)c1. The van der Waals surface area contributed by atoms with Gasteiger partial charge in [0, 0.05) is 38.4 Å². The van der Waals surface area contributed by atoms with Gasteiger partial charge in [-0.2, -0.15) is 0 Å². The highest BCUT2D eigenvalue weighted by molar-refractivity contribution is 5.50. The van der Waals surface area contributed by atoms with Gasteiger partial charge in [-0.3, -0.25) is 0 Å². The van der Waals surface area contributed by atoms with Gasteiger partial charge in [0.1, 0.15) is 11.5 Å². The quantitative estimate of drug-likeness (QED) is 0.872. The summed E-state index contributed by atoms with van der Waals surface area (Å²) in [6.07, 6.45) is 2.65. The largest absolute Gasteiger partial charge is 0.457 e. The van der Waals surface area contributed by atoms with Crippen molar-refractivity contribution in [1.82, 2.24) is 5.32 Å². The second-order valence-corrected chi connectivity index (χ2v) is 5.79. The number of anilines is 1. The molecule has 0 heterocycles. The molecule has 0 radical (unpaired) electrons. The van der Waals surface area contributed by atoms with Gasteiger partial charge in [0.15, 0.2) is 0 Å². The number of rotatable bonds is 6. The monoisotopic (exact) mass is 282 g/mol. The summed E-state index contributed by atoms with van der Waals surface area (Å²) < 4.78 is 5.92.